The number of carboxylic acid groups (broad SMARTS) is 1. The van der Waals surface area contributed by atoms with Crippen LogP contribution in [0.1, 0.15) is 59.9 Å². The molecule has 0 spiro atoms. The first-order valence-electron chi connectivity index (χ1n) is 13.4. The number of ether oxygens (including phenoxy) is 3. The van der Waals surface area contributed by atoms with Crippen molar-refractivity contribution in [3.63, 3.8) is 0 Å². The van der Waals surface area contributed by atoms with Gasteiger partial charge in [0, 0.05) is 19.6 Å². The van der Waals surface area contributed by atoms with Gasteiger partial charge in [-0.2, -0.15) is 0 Å². The van der Waals surface area contributed by atoms with Gasteiger partial charge in [-0.15, -0.1) is 0 Å². The van der Waals surface area contributed by atoms with Gasteiger partial charge in [0.1, 0.15) is 23.9 Å². The topological polar surface area (TPSA) is 178 Å². The van der Waals surface area contributed by atoms with Crippen LogP contribution in [0.25, 0.3) is 0 Å². The molecule has 0 aliphatic carbocycles. The fourth-order valence-electron chi connectivity index (χ4n) is 3.99. The van der Waals surface area contributed by atoms with Crippen molar-refractivity contribution < 1.29 is 43.3 Å². The molecule has 1 aromatic rings. The van der Waals surface area contributed by atoms with Gasteiger partial charge in [0.25, 0.3) is 5.91 Å². The number of nitrogens with zero attached hydrogens (tertiary/aromatic N) is 2. The van der Waals surface area contributed by atoms with E-state index in [0.29, 0.717) is 18.4 Å². The summed E-state index contributed by atoms with van der Waals surface area (Å²) in [6, 6.07) is 7.04. The molecule has 1 aliphatic rings. The number of hydrogen-bond donors (Lipinski definition) is 3. The van der Waals surface area contributed by atoms with Crippen LogP contribution in [0.15, 0.2) is 30.3 Å². The summed E-state index contributed by atoms with van der Waals surface area (Å²) in [7, 11) is 0. The van der Waals surface area contributed by atoms with Crippen LogP contribution in [0.4, 0.5) is 9.59 Å². The molecule has 4 N–H and O–H groups in total. The summed E-state index contributed by atoms with van der Waals surface area (Å²) in [5.74, 6) is -5.17. The van der Waals surface area contributed by atoms with Crippen LogP contribution >= 0.6 is 0 Å². The van der Waals surface area contributed by atoms with Crippen molar-refractivity contribution in [1.82, 2.24) is 15.3 Å². The fraction of sp³-hybridized carbons (Fsp3) is 0.607. The molecule has 13 nitrogen and oxygen atoms in total. The van der Waals surface area contributed by atoms with Gasteiger partial charge in [-0.1, -0.05) is 30.3 Å². The summed E-state index contributed by atoms with van der Waals surface area (Å²) >= 11 is 0. The third-order valence-electron chi connectivity index (χ3n) is 5.98. The number of nitrogens with two attached hydrogens (primary N) is 1. The average Bonchev–Trinajstić information content (AvgIpc) is 2.85. The second-order valence-corrected chi connectivity index (χ2v) is 11.9. The lowest BCUT2D eigenvalue weighted by Crippen LogP contribution is -2.58. The molecule has 0 radical (unpaired) electrons. The summed E-state index contributed by atoms with van der Waals surface area (Å²) in [5, 5.41) is 10.2. The molecule has 228 valence electrons. The Bertz CT molecular complexity index is 1070. The molecule has 1 unspecified atom stereocenters. The zero-order chi connectivity index (χ0) is 31.0. The van der Waals surface area contributed by atoms with Gasteiger partial charge >= 0.3 is 24.1 Å². The van der Waals surface area contributed by atoms with Crippen molar-refractivity contribution in [3.05, 3.63) is 35.9 Å². The maximum Gasteiger partial charge on any atom is 0.429 e. The van der Waals surface area contributed by atoms with E-state index in [1.165, 1.54) is 4.90 Å². The number of amides is 3. The van der Waals surface area contributed by atoms with E-state index in [0.717, 1.165) is 5.01 Å². The first kappa shape index (κ1) is 33.3. The first-order valence-corrected chi connectivity index (χ1v) is 13.4. The minimum atomic E-state index is -1.85. The highest BCUT2D eigenvalue weighted by atomic mass is 16.6. The van der Waals surface area contributed by atoms with Crippen LogP contribution in [0.2, 0.25) is 0 Å². The Hall–Kier alpha value is -3.87. The van der Waals surface area contributed by atoms with Crippen LogP contribution in [0.5, 0.6) is 0 Å². The lowest BCUT2D eigenvalue weighted by atomic mass is 9.96. The fourth-order valence-corrected chi connectivity index (χ4v) is 3.99. The average molecular weight is 579 g/mol. The molecule has 3 amide bonds. The van der Waals surface area contributed by atoms with E-state index in [2.05, 4.69) is 5.43 Å². The Balaban J connectivity index is 2.25. The zero-order valence-electron chi connectivity index (χ0n) is 24.5. The van der Waals surface area contributed by atoms with E-state index in [9.17, 15) is 29.1 Å². The van der Waals surface area contributed by atoms with E-state index in [1.807, 2.05) is 0 Å². The van der Waals surface area contributed by atoms with Crippen molar-refractivity contribution in [2.24, 2.45) is 17.6 Å². The molecule has 0 bridgehead atoms. The van der Waals surface area contributed by atoms with Gasteiger partial charge < -0.3 is 30.0 Å². The minimum absolute atomic E-state index is 0.0250. The Labute approximate surface area is 240 Å². The highest BCUT2D eigenvalue weighted by Crippen LogP contribution is 2.21. The lowest BCUT2D eigenvalue weighted by molar-refractivity contribution is -0.169. The molecule has 1 saturated heterocycles. The van der Waals surface area contributed by atoms with Crippen LogP contribution < -0.4 is 11.2 Å². The van der Waals surface area contributed by atoms with Crippen molar-refractivity contribution in [2.45, 2.75) is 78.2 Å². The molecule has 1 fully saturated rings. The second-order valence-electron chi connectivity index (χ2n) is 11.9. The number of hydrazine groups is 1. The molecule has 0 saturated carbocycles. The zero-order valence-corrected chi connectivity index (χ0v) is 24.5. The van der Waals surface area contributed by atoms with Gasteiger partial charge in [0.15, 0.2) is 5.92 Å². The Morgan fingerprint density at radius 3 is 2.05 bits per heavy atom. The number of hydrogen-bond acceptors (Lipinski definition) is 9. The summed E-state index contributed by atoms with van der Waals surface area (Å²) in [6.45, 7) is 10.1. The van der Waals surface area contributed by atoms with E-state index in [4.69, 9.17) is 19.9 Å². The molecular weight excluding hydrogens is 536 g/mol. The van der Waals surface area contributed by atoms with Crippen molar-refractivity contribution in [3.8, 4) is 0 Å². The number of rotatable bonds is 8. The summed E-state index contributed by atoms with van der Waals surface area (Å²) in [4.78, 5) is 65.1. The van der Waals surface area contributed by atoms with Gasteiger partial charge in [0.05, 0.1) is 0 Å². The van der Waals surface area contributed by atoms with Crippen LogP contribution in [-0.2, 0) is 35.2 Å². The van der Waals surface area contributed by atoms with E-state index >= 15 is 0 Å². The molecule has 13 heteroatoms. The standard InChI is InChI=1S/C28H42N4O9/c1-27(2,3)40-23(34)20(21(29)24(35)39-17-19-10-8-7-9-11-19)22(33)30-32(26(38)41-28(4,5)6)16-18-12-14-31(15-13-18)25(36)37/h7-11,18,20-21H,12-17,29H2,1-6H3,(H,30,33)(H,36,37)/t20-,21?/m0/s1. The molecular formula is C28H42N4O9. The number of carbonyl (C=O) groups excluding carboxylic acids is 4. The van der Waals surface area contributed by atoms with Crippen LogP contribution in [0.3, 0.4) is 0 Å². The lowest BCUT2D eigenvalue weighted by Gasteiger charge is -2.35. The third-order valence-corrected chi connectivity index (χ3v) is 5.98. The van der Waals surface area contributed by atoms with Gasteiger partial charge in [-0.25, -0.2) is 14.6 Å². The van der Waals surface area contributed by atoms with Crippen LogP contribution in [-0.4, -0.2) is 81.9 Å². The quantitative estimate of drug-likeness (QED) is 0.180. The molecule has 2 atom stereocenters. The highest BCUT2D eigenvalue weighted by molar-refractivity contribution is 6.03. The third kappa shape index (κ3) is 11.3. The van der Waals surface area contributed by atoms with Gasteiger partial charge in [-0.05, 0) is 65.9 Å². The van der Waals surface area contributed by atoms with Gasteiger partial charge in [-0.3, -0.25) is 19.8 Å². The summed E-state index contributed by atoms with van der Waals surface area (Å²) < 4.78 is 16.1. The van der Waals surface area contributed by atoms with Crippen molar-refractivity contribution in [2.75, 3.05) is 19.6 Å². The molecule has 0 aromatic heterocycles. The summed E-state index contributed by atoms with van der Waals surface area (Å²) in [5.41, 5.74) is 7.26. The Morgan fingerprint density at radius 1 is 0.976 bits per heavy atom. The highest BCUT2D eigenvalue weighted by Gasteiger charge is 2.42. The number of nitrogens with one attached hydrogen (secondary N) is 1. The molecule has 1 heterocycles. The second kappa shape index (κ2) is 14.2. The largest absolute Gasteiger partial charge is 0.465 e. The SMILES string of the molecule is CC(C)(C)OC(=O)[C@H](C(=O)NN(CC1CCN(C(=O)O)CC1)C(=O)OC(C)(C)C)C(N)C(=O)OCc1ccccc1. The van der Waals surface area contributed by atoms with Crippen LogP contribution in [0, 0.1) is 11.8 Å². The predicted molar refractivity (Wildman–Crippen MR) is 147 cm³/mol. The first-order chi connectivity index (χ1) is 19.0. The molecule has 1 aliphatic heterocycles. The Kier molecular flexibility index (Phi) is 11.5. The van der Waals surface area contributed by atoms with E-state index < -0.39 is 53.2 Å². The number of carbonyl (C=O) groups is 5. The number of esters is 2. The van der Waals surface area contributed by atoms with E-state index in [-0.39, 0.29) is 32.2 Å². The van der Waals surface area contributed by atoms with Crippen molar-refractivity contribution in [1.29, 1.82) is 0 Å². The molecule has 1 aromatic carbocycles. The molecule has 2 rings (SSSR count). The number of benzene rings is 1. The number of likely N-dealkylation sites (tertiary alicyclic amines) is 1. The molecule has 41 heavy (non-hydrogen) atoms. The van der Waals surface area contributed by atoms with Gasteiger partial charge in [0.2, 0.25) is 0 Å². The van der Waals surface area contributed by atoms with Crippen molar-refractivity contribution >= 4 is 30.0 Å². The number of piperidine rings is 1. The Morgan fingerprint density at radius 2 is 1.54 bits per heavy atom. The maximum absolute atomic E-state index is 13.5. The minimum Gasteiger partial charge on any atom is -0.465 e. The van der Waals surface area contributed by atoms with E-state index in [1.54, 1.807) is 71.9 Å². The smallest absolute Gasteiger partial charge is 0.429 e. The summed E-state index contributed by atoms with van der Waals surface area (Å²) in [6.07, 6.45) is -1.06. The predicted octanol–water partition coefficient (Wildman–Crippen LogP) is 2.67. The maximum atomic E-state index is 13.5. The normalized spacial score (nSPS) is 15.7. The monoisotopic (exact) mass is 578 g/mol.